The second-order valence-electron chi connectivity index (χ2n) is 30.2. The van der Waals surface area contributed by atoms with E-state index < -0.39 is 16.2 Å². The lowest BCUT2D eigenvalue weighted by molar-refractivity contribution is 0.733. The Hall–Kier alpha value is -14.2. The van der Waals surface area contributed by atoms with Gasteiger partial charge in [0.1, 0.15) is 0 Å². The van der Waals surface area contributed by atoms with E-state index in [4.69, 9.17) is 0 Å². The summed E-state index contributed by atoms with van der Waals surface area (Å²) in [5.74, 6) is 0. The topological polar surface area (TPSA) is 6.48 Å². The molecule has 2 aliphatic carbocycles. The van der Waals surface area contributed by atoms with Gasteiger partial charge in [0.05, 0.1) is 39.0 Å². The van der Waals surface area contributed by atoms with Crippen LogP contribution in [0.1, 0.15) is 66.8 Å². The first-order chi connectivity index (χ1) is 55.2. The summed E-state index contributed by atoms with van der Waals surface area (Å²) in [6.45, 7) is 0. The minimum atomic E-state index is -0.812. The normalized spacial score (nSPS) is 15.0. The number of hydrogen-bond donors (Lipinski definition) is 0. The van der Waals surface area contributed by atoms with Crippen LogP contribution in [0.3, 0.4) is 0 Å². The van der Waals surface area contributed by atoms with Crippen LogP contribution in [0.5, 0.6) is 0 Å². The van der Waals surface area contributed by atoms with Crippen LogP contribution >= 0.6 is 0 Å². The molecule has 1 spiro atoms. The summed E-state index contributed by atoms with van der Waals surface area (Å²) in [5.41, 5.74) is 31.5. The SMILES string of the molecule is c1ccc(N2c3ccccc3C(c3ccccc3)(c3ccccc3)c3c(-c4cccc5c(-c6cccc7c6-c6ccccc6C76c7ccccc7-c7c6c6ccccc6c6ccccc76)c6cccc(-c7cccc8c7C(c7ccccc7)(c7ccccc7)c7ccccc7N8c7ccccc7)c6cc45)cccc32)cc1. The Bertz CT molecular complexity index is 6650. The van der Waals surface area contributed by atoms with Crippen LogP contribution in [-0.2, 0) is 16.2 Å². The van der Waals surface area contributed by atoms with Crippen LogP contribution in [0.15, 0.2) is 425 Å². The summed E-state index contributed by atoms with van der Waals surface area (Å²) < 4.78 is 0. The highest BCUT2D eigenvalue weighted by atomic mass is 15.2. The number of nitrogens with zero attached hydrogens (tertiary/aromatic N) is 2. The predicted octanol–water partition coefficient (Wildman–Crippen LogP) is 28.0. The van der Waals surface area contributed by atoms with Gasteiger partial charge >= 0.3 is 0 Å². The molecule has 0 fully saturated rings. The molecule has 0 saturated carbocycles. The van der Waals surface area contributed by atoms with Crippen LogP contribution in [0.25, 0.3) is 98.7 Å². The molecule has 111 heavy (non-hydrogen) atoms. The third kappa shape index (κ3) is 8.56. The molecule has 0 saturated heterocycles. The van der Waals surface area contributed by atoms with E-state index in [-0.39, 0.29) is 0 Å². The molecule has 0 aromatic heterocycles. The summed E-state index contributed by atoms with van der Waals surface area (Å²) in [5, 5.41) is 9.77. The number of rotatable bonds is 9. The monoisotopic (exact) mass is 1410 g/mol. The average Bonchev–Trinajstić information content (AvgIpc) is 1.56. The zero-order valence-electron chi connectivity index (χ0n) is 60.8. The second-order valence-corrected chi connectivity index (χ2v) is 30.2. The molecule has 516 valence electrons. The summed E-state index contributed by atoms with van der Waals surface area (Å²) in [6, 6.07) is 161. The van der Waals surface area contributed by atoms with Gasteiger partial charge in [0.2, 0.25) is 0 Å². The van der Waals surface area contributed by atoms with Gasteiger partial charge in [-0.05, 0) is 209 Å². The first kappa shape index (κ1) is 63.0. The van der Waals surface area contributed by atoms with Crippen molar-refractivity contribution in [1.29, 1.82) is 0 Å². The molecule has 0 N–H and O–H groups in total. The van der Waals surface area contributed by atoms with E-state index in [1.165, 1.54) is 132 Å². The van der Waals surface area contributed by atoms with Gasteiger partial charge in [0, 0.05) is 22.5 Å². The third-order valence-corrected chi connectivity index (χ3v) is 25.1. The highest BCUT2D eigenvalue weighted by molar-refractivity contribution is 6.24. The van der Waals surface area contributed by atoms with Gasteiger partial charge in [-0.25, -0.2) is 0 Å². The van der Waals surface area contributed by atoms with Gasteiger partial charge in [-0.1, -0.05) is 370 Å². The summed E-state index contributed by atoms with van der Waals surface area (Å²) in [6.07, 6.45) is 0. The molecule has 2 nitrogen and oxygen atoms in total. The van der Waals surface area contributed by atoms with E-state index in [0.717, 1.165) is 67.2 Å². The first-order valence-corrected chi connectivity index (χ1v) is 38.8. The number of fused-ring (bicyclic) bond motifs is 21. The van der Waals surface area contributed by atoms with Crippen molar-refractivity contribution >= 4 is 77.2 Å². The first-order valence-electron chi connectivity index (χ1n) is 38.8. The van der Waals surface area contributed by atoms with Crippen molar-refractivity contribution in [1.82, 2.24) is 0 Å². The molecule has 0 amide bonds. The summed E-state index contributed by atoms with van der Waals surface area (Å²) in [7, 11) is 0. The van der Waals surface area contributed by atoms with Gasteiger partial charge in [-0.3, -0.25) is 0 Å². The van der Waals surface area contributed by atoms with Crippen LogP contribution < -0.4 is 9.80 Å². The lowest BCUT2D eigenvalue weighted by atomic mass is 9.60. The van der Waals surface area contributed by atoms with Gasteiger partial charge < -0.3 is 9.80 Å². The molecule has 1 unspecified atom stereocenters. The molecule has 0 bridgehead atoms. The fraction of sp³-hybridized carbons (Fsp3) is 0.0275. The van der Waals surface area contributed by atoms with E-state index in [9.17, 15) is 0 Å². The molecular weight excluding hydrogens is 1340 g/mol. The zero-order valence-corrected chi connectivity index (χ0v) is 60.8. The van der Waals surface area contributed by atoms with E-state index in [0.29, 0.717) is 0 Å². The smallest absolute Gasteiger partial charge is 0.0748 e. The molecule has 2 heteroatoms. The van der Waals surface area contributed by atoms with Crippen molar-refractivity contribution in [2.45, 2.75) is 16.2 Å². The lowest BCUT2D eigenvalue weighted by Gasteiger charge is -2.47. The van der Waals surface area contributed by atoms with Crippen LogP contribution in [-0.4, -0.2) is 0 Å². The van der Waals surface area contributed by atoms with E-state index >= 15 is 0 Å². The van der Waals surface area contributed by atoms with Gasteiger partial charge in [-0.15, -0.1) is 0 Å². The van der Waals surface area contributed by atoms with Crippen molar-refractivity contribution in [3.8, 4) is 55.6 Å². The van der Waals surface area contributed by atoms with Crippen LogP contribution in [0.2, 0.25) is 0 Å². The Morgan fingerprint density at radius 3 is 0.919 bits per heavy atom. The third-order valence-electron chi connectivity index (χ3n) is 25.1. The maximum absolute atomic E-state index is 2.60. The largest absolute Gasteiger partial charge is 0.310 e. The van der Waals surface area contributed by atoms with Crippen LogP contribution in [0, 0.1) is 0 Å². The molecule has 2 aliphatic heterocycles. The fourth-order valence-corrected chi connectivity index (χ4v) is 21.2. The van der Waals surface area contributed by atoms with Crippen LogP contribution in [0.4, 0.5) is 34.1 Å². The Labute approximate surface area is 646 Å². The number of anilines is 6. The van der Waals surface area contributed by atoms with Crippen molar-refractivity contribution in [2.75, 3.05) is 9.80 Å². The molecule has 2 heterocycles. The average molecular weight is 1410 g/mol. The predicted molar refractivity (Wildman–Crippen MR) is 462 cm³/mol. The van der Waals surface area contributed by atoms with Gasteiger partial charge in [0.25, 0.3) is 0 Å². The second kappa shape index (κ2) is 24.4. The fourth-order valence-electron chi connectivity index (χ4n) is 21.2. The molecule has 0 radical (unpaired) electrons. The lowest BCUT2D eigenvalue weighted by Crippen LogP contribution is -2.38. The zero-order chi connectivity index (χ0) is 72.9. The molecule has 4 aliphatic rings. The Morgan fingerprint density at radius 1 is 0.153 bits per heavy atom. The maximum Gasteiger partial charge on any atom is 0.0748 e. The molecule has 1 atom stereocenters. The van der Waals surface area contributed by atoms with Crippen molar-refractivity contribution in [3.05, 3.63) is 491 Å². The Morgan fingerprint density at radius 2 is 0.450 bits per heavy atom. The number of para-hydroxylation sites is 4. The Balaban J connectivity index is 0.891. The minimum absolute atomic E-state index is 0.682. The number of benzene rings is 19. The van der Waals surface area contributed by atoms with Crippen molar-refractivity contribution < 1.29 is 0 Å². The highest BCUT2D eigenvalue weighted by Gasteiger charge is 2.55. The van der Waals surface area contributed by atoms with E-state index in [1.807, 2.05) is 0 Å². The molecule has 19 aromatic carbocycles. The minimum Gasteiger partial charge on any atom is -0.310 e. The quantitative estimate of drug-likeness (QED) is 0.105. The molecular formula is C109H70N2. The molecule has 23 rings (SSSR count). The van der Waals surface area contributed by atoms with Gasteiger partial charge in [-0.2, -0.15) is 0 Å². The number of hydrogen-bond acceptors (Lipinski definition) is 2. The van der Waals surface area contributed by atoms with Gasteiger partial charge in [0.15, 0.2) is 0 Å². The summed E-state index contributed by atoms with van der Waals surface area (Å²) in [4.78, 5) is 5.05. The summed E-state index contributed by atoms with van der Waals surface area (Å²) >= 11 is 0. The molecule has 19 aromatic rings. The standard InChI is InChI=1S/C109H70N2/c1-7-36-71(37-8-1)107(72-38-9-2-10-39-72)94-63-27-29-66-97(94)110(75-44-15-5-16-45-75)99-68-34-58-84(104(99)107)79-54-31-56-82-90(79)70-91-80(85-59-35-69-100-105(85)108(73-40-11-3-12-41-73,74-42-13-4-14-43-74)95-64-28-30-67-98(95)111(100)76-46-17-6-18-47-76)55-32-57-83(91)101(82)89-60-33-65-96-102(89)87-52-23-25-61-92(87)109(96)93-62-26-24-53-88(93)103-81-50-21-19-48-77(81)78-49-20-22-51-86(78)106(103)109/h1-70H. The van der Waals surface area contributed by atoms with E-state index in [1.54, 1.807) is 0 Å². The maximum atomic E-state index is 2.60. The van der Waals surface area contributed by atoms with Crippen molar-refractivity contribution in [2.24, 2.45) is 0 Å². The van der Waals surface area contributed by atoms with Crippen molar-refractivity contribution in [3.63, 3.8) is 0 Å². The highest BCUT2D eigenvalue weighted by Crippen LogP contribution is 2.69. The van der Waals surface area contributed by atoms with E-state index in [2.05, 4.69) is 434 Å². The Kier molecular flexibility index (Phi) is 13.9.